The number of nitrogens with one attached hydrogen (secondary N) is 1. The largest absolute Gasteiger partial charge is 0.462 e. The molecule has 1 N–H and O–H groups in total. The summed E-state index contributed by atoms with van der Waals surface area (Å²) in [5, 5.41) is 2.70. The predicted octanol–water partition coefficient (Wildman–Crippen LogP) is 1.46. The second-order valence-corrected chi connectivity index (χ2v) is 4.48. The van der Waals surface area contributed by atoms with Crippen molar-refractivity contribution in [1.29, 1.82) is 0 Å². The van der Waals surface area contributed by atoms with Gasteiger partial charge in [0.15, 0.2) is 5.82 Å². The molecule has 19 heavy (non-hydrogen) atoms. The highest BCUT2D eigenvalue weighted by molar-refractivity contribution is 7.98. The van der Waals surface area contributed by atoms with Crippen LogP contribution in [0.25, 0.3) is 5.82 Å². The molecule has 0 atom stereocenters. The molecule has 0 saturated carbocycles. The van der Waals surface area contributed by atoms with E-state index in [9.17, 15) is 9.59 Å². The van der Waals surface area contributed by atoms with Gasteiger partial charge >= 0.3 is 5.97 Å². The van der Waals surface area contributed by atoms with Gasteiger partial charge in [-0.2, -0.15) is 0 Å². The van der Waals surface area contributed by atoms with E-state index in [1.54, 1.807) is 30.9 Å². The van der Waals surface area contributed by atoms with Gasteiger partial charge in [-0.15, -0.1) is 11.8 Å². The van der Waals surface area contributed by atoms with Crippen LogP contribution in [0.1, 0.15) is 17.3 Å². The molecular formula is C12H13N3O3S. The van der Waals surface area contributed by atoms with E-state index in [1.165, 1.54) is 10.9 Å². The molecule has 0 saturated heterocycles. The third kappa shape index (κ3) is 2.70. The van der Waals surface area contributed by atoms with Crippen molar-refractivity contribution >= 4 is 17.7 Å². The number of carbonyl (C=O) groups excluding carboxylic acids is 1. The summed E-state index contributed by atoms with van der Waals surface area (Å²) in [4.78, 5) is 28.7. The quantitative estimate of drug-likeness (QED) is 0.677. The standard InChI is InChI=1S/C12H13N3O3S/c1-3-18-12(17)9-7-14-15(11(9)16)10-5-4-8(19-2)6-13-10/h4-7,14H,3H2,1-2H3. The molecule has 0 fully saturated rings. The van der Waals surface area contributed by atoms with Crippen LogP contribution in [-0.2, 0) is 4.74 Å². The molecule has 0 aliphatic rings. The number of pyridine rings is 1. The highest BCUT2D eigenvalue weighted by Gasteiger charge is 2.16. The summed E-state index contributed by atoms with van der Waals surface area (Å²) in [6.07, 6.45) is 4.93. The lowest BCUT2D eigenvalue weighted by Crippen LogP contribution is -2.22. The molecule has 0 aromatic carbocycles. The number of rotatable bonds is 4. The van der Waals surface area contributed by atoms with Gasteiger partial charge in [-0.1, -0.05) is 0 Å². The van der Waals surface area contributed by atoms with E-state index < -0.39 is 11.5 Å². The van der Waals surface area contributed by atoms with Crippen molar-refractivity contribution in [2.75, 3.05) is 12.9 Å². The average molecular weight is 279 g/mol. The second-order valence-electron chi connectivity index (χ2n) is 3.60. The normalized spacial score (nSPS) is 10.4. The van der Waals surface area contributed by atoms with E-state index in [4.69, 9.17) is 4.74 Å². The monoisotopic (exact) mass is 279 g/mol. The molecule has 0 aliphatic carbocycles. The van der Waals surface area contributed by atoms with Crippen LogP contribution in [0.15, 0.2) is 34.2 Å². The minimum atomic E-state index is -0.636. The maximum absolute atomic E-state index is 12.0. The predicted molar refractivity (Wildman–Crippen MR) is 71.9 cm³/mol. The van der Waals surface area contributed by atoms with Crippen molar-refractivity contribution in [2.45, 2.75) is 11.8 Å². The van der Waals surface area contributed by atoms with Crippen LogP contribution in [0.5, 0.6) is 0 Å². The van der Waals surface area contributed by atoms with Crippen LogP contribution in [0.4, 0.5) is 0 Å². The molecule has 7 heteroatoms. The number of thioether (sulfide) groups is 1. The Bertz CT molecular complexity index is 630. The van der Waals surface area contributed by atoms with Crippen molar-refractivity contribution in [2.24, 2.45) is 0 Å². The number of hydrogen-bond acceptors (Lipinski definition) is 5. The van der Waals surface area contributed by atoms with Crippen LogP contribution < -0.4 is 5.56 Å². The average Bonchev–Trinajstić information content (AvgIpc) is 2.81. The number of H-pyrrole nitrogens is 1. The van der Waals surface area contributed by atoms with E-state index in [0.717, 1.165) is 4.90 Å². The minimum Gasteiger partial charge on any atom is -0.462 e. The first-order chi connectivity index (χ1) is 9.17. The third-order valence-corrected chi connectivity index (χ3v) is 3.17. The number of nitrogens with zero attached hydrogens (tertiary/aromatic N) is 2. The highest BCUT2D eigenvalue weighted by Crippen LogP contribution is 2.13. The summed E-state index contributed by atoms with van der Waals surface area (Å²) in [7, 11) is 0. The Morgan fingerprint density at radius 3 is 2.89 bits per heavy atom. The van der Waals surface area contributed by atoms with Gasteiger partial charge in [0.2, 0.25) is 0 Å². The van der Waals surface area contributed by atoms with Crippen LogP contribution in [0.2, 0.25) is 0 Å². The molecular weight excluding hydrogens is 266 g/mol. The minimum absolute atomic E-state index is 0.0300. The van der Waals surface area contributed by atoms with Crippen molar-refractivity contribution in [3.63, 3.8) is 0 Å². The molecule has 0 radical (unpaired) electrons. The van der Waals surface area contributed by atoms with E-state index in [1.807, 2.05) is 12.3 Å². The van der Waals surface area contributed by atoms with Crippen LogP contribution in [0, 0.1) is 0 Å². The lowest BCUT2D eigenvalue weighted by molar-refractivity contribution is 0.0525. The van der Waals surface area contributed by atoms with Crippen molar-refractivity contribution in [3.05, 3.63) is 40.4 Å². The lowest BCUT2D eigenvalue weighted by atomic mass is 10.3. The summed E-state index contributed by atoms with van der Waals surface area (Å²) in [5.41, 5.74) is -0.500. The fraction of sp³-hybridized carbons (Fsp3) is 0.250. The van der Waals surface area contributed by atoms with Gasteiger partial charge in [0.05, 0.1) is 6.61 Å². The number of esters is 1. The fourth-order valence-electron chi connectivity index (χ4n) is 1.52. The highest BCUT2D eigenvalue weighted by atomic mass is 32.2. The summed E-state index contributed by atoms with van der Waals surface area (Å²) in [5.74, 6) is -0.207. The number of hydrogen-bond donors (Lipinski definition) is 1. The van der Waals surface area contributed by atoms with Gasteiger partial charge in [0.25, 0.3) is 5.56 Å². The van der Waals surface area contributed by atoms with Crippen LogP contribution >= 0.6 is 11.8 Å². The van der Waals surface area contributed by atoms with E-state index >= 15 is 0 Å². The van der Waals surface area contributed by atoms with Gasteiger partial charge in [0.1, 0.15) is 5.56 Å². The number of carbonyl (C=O) groups is 1. The summed E-state index contributed by atoms with van der Waals surface area (Å²) in [6, 6.07) is 3.56. The lowest BCUT2D eigenvalue weighted by Gasteiger charge is -2.01. The number of aromatic amines is 1. The zero-order chi connectivity index (χ0) is 13.8. The van der Waals surface area contributed by atoms with Gasteiger partial charge in [-0.25, -0.2) is 14.5 Å². The van der Waals surface area contributed by atoms with Gasteiger partial charge in [-0.05, 0) is 25.3 Å². The Morgan fingerprint density at radius 1 is 1.53 bits per heavy atom. The molecule has 2 rings (SSSR count). The van der Waals surface area contributed by atoms with Crippen LogP contribution in [-0.4, -0.2) is 33.6 Å². The van der Waals surface area contributed by atoms with Gasteiger partial charge in [-0.3, -0.25) is 9.89 Å². The molecule has 100 valence electrons. The molecule has 6 nitrogen and oxygen atoms in total. The van der Waals surface area contributed by atoms with Gasteiger partial charge < -0.3 is 4.74 Å². The molecule has 0 aliphatic heterocycles. The zero-order valence-corrected chi connectivity index (χ0v) is 11.4. The SMILES string of the molecule is CCOC(=O)c1c[nH]n(-c2ccc(SC)cn2)c1=O. The topological polar surface area (TPSA) is 77.0 Å². The first-order valence-corrected chi connectivity index (χ1v) is 6.87. The van der Waals surface area contributed by atoms with Crippen molar-refractivity contribution < 1.29 is 9.53 Å². The smallest absolute Gasteiger partial charge is 0.345 e. The number of aromatic nitrogens is 3. The molecule has 0 spiro atoms. The zero-order valence-electron chi connectivity index (χ0n) is 10.5. The molecule has 0 bridgehead atoms. The van der Waals surface area contributed by atoms with E-state index in [0.29, 0.717) is 5.82 Å². The molecule has 0 unspecified atom stereocenters. The summed E-state index contributed by atoms with van der Waals surface area (Å²) in [6.45, 7) is 1.91. The first-order valence-electron chi connectivity index (χ1n) is 5.65. The van der Waals surface area contributed by atoms with E-state index in [2.05, 4.69) is 10.1 Å². The molecule has 2 aromatic rings. The molecule has 2 aromatic heterocycles. The third-order valence-electron chi connectivity index (χ3n) is 2.45. The first kappa shape index (κ1) is 13.4. The number of ether oxygens (including phenoxy) is 1. The van der Waals surface area contributed by atoms with E-state index in [-0.39, 0.29) is 12.2 Å². The Kier molecular flexibility index (Phi) is 4.06. The molecule has 0 amide bonds. The van der Waals surface area contributed by atoms with Crippen molar-refractivity contribution in [3.8, 4) is 5.82 Å². The maximum atomic E-state index is 12.0. The fourth-order valence-corrected chi connectivity index (χ4v) is 1.88. The Morgan fingerprint density at radius 2 is 2.32 bits per heavy atom. The maximum Gasteiger partial charge on any atom is 0.345 e. The second kappa shape index (κ2) is 5.75. The Labute approximate surface area is 113 Å². The summed E-state index contributed by atoms with van der Waals surface area (Å²) >= 11 is 1.56. The Balaban J connectivity index is 2.35. The van der Waals surface area contributed by atoms with Crippen LogP contribution in [0.3, 0.4) is 0 Å². The Hall–Kier alpha value is -2.02. The van der Waals surface area contributed by atoms with Crippen molar-refractivity contribution in [1.82, 2.24) is 14.8 Å². The summed E-state index contributed by atoms with van der Waals surface area (Å²) < 4.78 is 6.00. The van der Waals surface area contributed by atoms with Gasteiger partial charge in [0, 0.05) is 17.3 Å². The molecule has 2 heterocycles.